The van der Waals surface area contributed by atoms with Gasteiger partial charge in [-0.25, -0.2) is 0 Å². The summed E-state index contributed by atoms with van der Waals surface area (Å²) in [6.07, 6.45) is 7.35. The fraction of sp³-hybridized carbons (Fsp3) is 0.588. The minimum atomic E-state index is -0.389. The van der Waals surface area contributed by atoms with Crippen LogP contribution in [0.2, 0.25) is 0 Å². The summed E-state index contributed by atoms with van der Waals surface area (Å²) in [6, 6.07) is 9.17. The average molecular weight is 286 g/mol. The van der Waals surface area contributed by atoms with E-state index in [1.165, 1.54) is 25.0 Å². The van der Waals surface area contributed by atoms with Gasteiger partial charge in [0.1, 0.15) is 0 Å². The van der Waals surface area contributed by atoms with Gasteiger partial charge in [-0.15, -0.1) is 0 Å². The van der Waals surface area contributed by atoms with Crippen LogP contribution in [0.5, 0.6) is 0 Å². The molecule has 21 heavy (non-hydrogen) atoms. The minimum absolute atomic E-state index is 0.108. The molecule has 112 valence electrons. The Balaban J connectivity index is 2.03. The molecule has 0 aliphatic heterocycles. The molecule has 1 aromatic rings. The SMILES string of the molecule is CCCC1CCC(C#N)(Cc2ccc([N+](=O)[O-])cc2)CC1. The van der Waals surface area contributed by atoms with Gasteiger partial charge in [0.25, 0.3) is 5.69 Å². The largest absolute Gasteiger partial charge is 0.269 e. The summed E-state index contributed by atoms with van der Waals surface area (Å²) in [5.74, 6) is 0.772. The monoisotopic (exact) mass is 286 g/mol. The van der Waals surface area contributed by atoms with Crippen molar-refractivity contribution in [2.24, 2.45) is 11.3 Å². The summed E-state index contributed by atoms with van der Waals surface area (Å²) >= 11 is 0. The molecule has 1 saturated carbocycles. The van der Waals surface area contributed by atoms with Crippen LogP contribution in [0, 0.1) is 32.8 Å². The summed E-state index contributed by atoms with van der Waals surface area (Å²) in [5, 5.41) is 20.3. The lowest BCUT2D eigenvalue weighted by Crippen LogP contribution is -2.28. The normalized spacial score (nSPS) is 25.2. The highest BCUT2D eigenvalue weighted by atomic mass is 16.6. The Labute approximate surface area is 125 Å². The summed E-state index contributed by atoms with van der Waals surface area (Å²) in [6.45, 7) is 2.21. The lowest BCUT2D eigenvalue weighted by Gasteiger charge is -2.35. The van der Waals surface area contributed by atoms with Gasteiger partial charge in [0.15, 0.2) is 0 Å². The van der Waals surface area contributed by atoms with Gasteiger partial charge in [0.2, 0.25) is 0 Å². The molecular formula is C17H22N2O2. The van der Waals surface area contributed by atoms with E-state index in [0.29, 0.717) is 6.42 Å². The minimum Gasteiger partial charge on any atom is -0.258 e. The molecule has 0 heterocycles. The van der Waals surface area contributed by atoms with Crippen LogP contribution in [-0.2, 0) is 6.42 Å². The molecule has 1 aliphatic carbocycles. The molecular weight excluding hydrogens is 264 g/mol. The van der Waals surface area contributed by atoms with Crippen molar-refractivity contribution in [2.75, 3.05) is 0 Å². The Morgan fingerprint density at radius 2 is 1.95 bits per heavy atom. The molecule has 0 amide bonds. The molecule has 0 aromatic heterocycles. The van der Waals surface area contributed by atoms with Crippen LogP contribution in [0.25, 0.3) is 0 Å². The van der Waals surface area contributed by atoms with E-state index in [2.05, 4.69) is 13.0 Å². The molecule has 0 spiro atoms. The number of nitro groups is 1. The molecule has 1 aliphatic rings. The Hall–Kier alpha value is -1.89. The van der Waals surface area contributed by atoms with E-state index in [4.69, 9.17) is 0 Å². The van der Waals surface area contributed by atoms with Gasteiger partial charge in [-0.3, -0.25) is 10.1 Å². The van der Waals surface area contributed by atoms with Crippen LogP contribution < -0.4 is 0 Å². The Morgan fingerprint density at radius 3 is 2.43 bits per heavy atom. The Bertz CT molecular complexity index is 523. The first-order valence-corrected chi connectivity index (χ1v) is 7.73. The van der Waals surface area contributed by atoms with Gasteiger partial charge in [-0.05, 0) is 43.6 Å². The number of non-ortho nitro benzene ring substituents is 1. The molecule has 1 aromatic carbocycles. The van der Waals surface area contributed by atoms with Crippen molar-refractivity contribution < 1.29 is 4.92 Å². The quantitative estimate of drug-likeness (QED) is 0.585. The third-order valence-electron chi connectivity index (χ3n) is 4.69. The number of hydrogen-bond donors (Lipinski definition) is 0. The predicted octanol–water partition coefficient (Wildman–Crippen LogP) is 4.64. The fourth-order valence-electron chi connectivity index (χ4n) is 3.38. The van der Waals surface area contributed by atoms with E-state index >= 15 is 0 Å². The zero-order valence-electron chi connectivity index (χ0n) is 12.5. The topological polar surface area (TPSA) is 66.9 Å². The van der Waals surface area contributed by atoms with Crippen LogP contribution in [-0.4, -0.2) is 4.92 Å². The molecule has 0 unspecified atom stereocenters. The molecule has 0 bridgehead atoms. The van der Waals surface area contributed by atoms with E-state index in [9.17, 15) is 15.4 Å². The molecule has 4 heteroatoms. The number of nitriles is 1. The second kappa shape index (κ2) is 6.71. The summed E-state index contributed by atoms with van der Waals surface area (Å²) in [4.78, 5) is 10.3. The molecule has 0 N–H and O–H groups in total. The van der Waals surface area contributed by atoms with Gasteiger partial charge in [-0.1, -0.05) is 31.9 Å². The van der Waals surface area contributed by atoms with E-state index in [0.717, 1.165) is 37.2 Å². The van der Waals surface area contributed by atoms with Crippen molar-refractivity contribution in [3.05, 3.63) is 39.9 Å². The third kappa shape index (κ3) is 3.81. The lowest BCUT2D eigenvalue weighted by molar-refractivity contribution is -0.384. The second-order valence-electron chi connectivity index (χ2n) is 6.22. The summed E-state index contributed by atoms with van der Waals surface area (Å²) < 4.78 is 0. The predicted molar refractivity (Wildman–Crippen MR) is 81.7 cm³/mol. The number of benzene rings is 1. The first kappa shape index (κ1) is 15.5. The molecule has 0 atom stereocenters. The highest BCUT2D eigenvalue weighted by Gasteiger charge is 2.35. The van der Waals surface area contributed by atoms with Crippen LogP contribution in [0.3, 0.4) is 0 Å². The maximum Gasteiger partial charge on any atom is 0.269 e. The van der Waals surface area contributed by atoms with Crippen LogP contribution in [0.1, 0.15) is 51.0 Å². The zero-order chi connectivity index (χ0) is 15.3. The van der Waals surface area contributed by atoms with Gasteiger partial charge in [0.05, 0.1) is 16.4 Å². The van der Waals surface area contributed by atoms with Gasteiger partial charge in [-0.2, -0.15) is 5.26 Å². The Morgan fingerprint density at radius 1 is 1.33 bits per heavy atom. The van der Waals surface area contributed by atoms with Crippen molar-refractivity contribution in [2.45, 2.75) is 51.9 Å². The second-order valence-corrected chi connectivity index (χ2v) is 6.22. The molecule has 4 nitrogen and oxygen atoms in total. The maximum atomic E-state index is 10.7. The molecule has 1 fully saturated rings. The number of nitro benzene ring substituents is 1. The van der Waals surface area contributed by atoms with E-state index in [1.54, 1.807) is 12.1 Å². The Kier molecular flexibility index (Phi) is 4.95. The maximum absolute atomic E-state index is 10.7. The van der Waals surface area contributed by atoms with Crippen LogP contribution >= 0.6 is 0 Å². The van der Waals surface area contributed by atoms with E-state index in [-0.39, 0.29) is 16.0 Å². The van der Waals surface area contributed by atoms with Crippen molar-refractivity contribution in [1.82, 2.24) is 0 Å². The number of hydrogen-bond acceptors (Lipinski definition) is 3. The van der Waals surface area contributed by atoms with Crippen molar-refractivity contribution in [3.8, 4) is 6.07 Å². The van der Waals surface area contributed by atoms with Crippen LogP contribution in [0.15, 0.2) is 24.3 Å². The third-order valence-corrected chi connectivity index (χ3v) is 4.69. The van der Waals surface area contributed by atoms with Crippen molar-refractivity contribution >= 4 is 5.69 Å². The number of nitrogens with zero attached hydrogens (tertiary/aromatic N) is 2. The average Bonchev–Trinajstić information content (AvgIpc) is 2.50. The number of rotatable bonds is 5. The van der Waals surface area contributed by atoms with E-state index < -0.39 is 0 Å². The van der Waals surface area contributed by atoms with Crippen molar-refractivity contribution in [1.29, 1.82) is 5.26 Å². The van der Waals surface area contributed by atoms with E-state index in [1.807, 2.05) is 0 Å². The highest BCUT2D eigenvalue weighted by molar-refractivity contribution is 5.33. The zero-order valence-corrected chi connectivity index (χ0v) is 12.5. The molecule has 2 rings (SSSR count). The molecule has 0 radical (unpaired) electrons. The first-order valence-electron chi connectivity index (χ1n) is 7.73. The molecule has 0 saturated heterocycles. The standard InChI is InChI=1S/C17H22N2O2/c1-2-3-14-8-10-17(13-18,11-9-14)12-15-4-6-16(7-5-15)19(20)21/h4-7,14H,2-3,8-12H2,1H3. The summed E-state index contributed by atoms with van der Waals surface area (Å²) in [5.41, 5.74) is 0.855. The lowest BCUT2D eigenvalue weighted by atomic mass is 9.67. The van der Waals surface area contributed by atoms with Gasteiger partial charge >= 0.3 is 0 Å². The van der Waals surface area contributed by atoms with Crippen LogP contribution in [0.4, 0.5) is 5.69 Å². The summed E-state index contributed by atoms with van der Waals surface area (Å²) in [7, 11) is 0. The van der Waals surface area contributed by atoms with Gasteiger partial charge in [0, 0.05) is 12.1 Å². The first-order chi connectivity index (χ1) is 10.1. The smallest absolute Gasteiger partial charge is 0.258 e. The van der Waals surface area contributed by atoms with Crippen molar-refractivity contribution in [3.63, 3.8) is 0 Å². The highest BCUT2D eigenvalue weighted by Crippen LogP contribution is 2.42. The fourth-order valence-corrected chi connectivity index (χ4v) is 3.38. The van der Waals surface area contributed by atoms with Gasteiger partial charge < -0.3 is 0 Å².